The number of hydrogen-bond donors (Lipinski definition) is 1. The van der Waals surface area contributed by atoms with Crippen molar-refractivity contribution in [1.82, 2.24) is 14.0 Å². The fourth-order valence-corrected chi connectivity index (χ4v) is 4.93. The third-order valence-electron chi connectivity index (χ3n) is 6.12. The molecule has 7 nitrogen and oxygen atoms in total. The first-order chi connectivity index (χ1) is 16.5. The van der Waals surface area contributed by atoms with E-state index in [-0.39, 0.29) is 30.0 Å². The van der Waals surface area contributed by atoms with Crippen LogP contribution < -0.4 is 5.62 Å². The second-order valence-electron chi connectivity index (χ2n) is 9.99. The summed E-state index contributed by atoms with van der Waals surface area (Å²) in [7, 11) is 0. The number of ether oxygens (including phenoxy) is 1. The Labute approximate surface area is 214 Å². The molecule has 2 aromatic carbocycles. The van der Waals surface area contributed by atoms with Gasteiger partial charge in [-0.3, -0.25) is 10.2 Å². The molecule has 1 unspecified atom stereocenters. The Hall–Kier alpha value is -2.77. The maximum Gasteiger partial charge on any atom is 0.410 e. The number of piperidine rings is 1. The largest absolute Gasteiger partial charge is 0.444 e. The summed E-state index contributed by atoms with van der Waals surface area (Å²) in [6.07, 6.45) is 1.47. The van der Waals surface area contributed by atoms with E-state index in [2.05, 4.69) is 0 Å². The Balaban J connectivity index is 1.61. The molecule has 0 radical (unpaired) electrons. The molecular formula is C26H30Cl2N4O3. The molecule has 1 atom stereocenters. The van der Waals surface area contributed by atoms with Gasteiger partial charge in [-0.05, 0) is 75.9 Å². The van der Waals surface area contributed by atoms with Crippen LogP contribution in [0.15, 0.2) is 42.5 Å². The van der Waals surface area contributed by atoms with Crippen LogP contribution in [-0.2, 0) is 17.8 Å². The molecule has 1 aliphatic heterocycles. The summed E-state index contributed by atoms with van der Waals surface area (Å²) in [5.74, 6) is 0.0145. The number of halogens is 2. The van der Waals surface area contributed by atoms with Crippen molar-refractivity contribution in [1.29, 1.82) is 5.41 Å². The summed E-state index contributed by atoms with van der Waals surface area (Å²) in [5, 5.41) is 10.0. The van der Waals surface area contributed by atoms with Gasteiger partial charge in [-0.25, -0.2) is 4.79 Å². The van der Waals surface area contributed by atoms with Gasteiger partial charge in [0.2, 0.25) is 5.62 Å². The van der Waals surface area contributed by atoms with Gasteiger partial charge in [0, 0.05) is 30.2 Å². The van der Waals surface area contributed by atoms with E-state index in [1.807, 2.05) is 37.5 Å². The summed E-state index contributed by atoms with van der Waals surface area (Å²) in [6, 6.07) is 12.2. The van der Waals surface area contributed by atoms with E-state index in [1.165, 1.54) is 0 Å². The fourth-order valence-electron chi connectivity index (χ4n) is 4.53. The second-order valence-corrected chi connectivity index (χ2v) is 10.8. The number of hydrogen-bond acceptors (Lipinski definition) is 4. The van der Waals surface area contributed by atoms with Crippen LogP contribution in [0.1, 0.15) is 44.0 Å². The Morgan fingerprint density at radius 2 is 1.80 bits per heavy atom. The van der Waals surface area contributed by atoms with Crippen LogP contribution in [0.3, 0.4) is 0 Å². The van der Waals surface area contributed by atoms with E-state index in [0.717, 1.165) is 23.9 Å². The third-order valence-corrected chi connectivity index (χ3v) is 6.67. The zero-order valence-electron chi connectivity index (χ0n) is 20.2. The first kappa shape index (κ1) is 25.3. The van der Waals surface area contributed by atoms with Crippen molar-refractivity contribution in [2.45, 2.75) is 52.3 Å². The fraction of sp³-hybridized carbons (Fsp3) is 0.423. The number of carbonyl (C=O) groups is 2. The molecule has 0 bridgehead atoms. The van der Waals surface area contributed by atoms with Crippen LogP contribution in [-0.4, -0.2) is 44.6 Å². The van der Waals surface area contributed by atoms with Crippen molar-refractivity contribution in [3.8, 4) is 0 Å². The highest BCUT2D eigenvalue weighted by molar-refractivity contribution is 6.35. The average molecular weight is 517 g/mol. The Bertz CT molecular complexity index is 1310. The lowest BCUT2D eigenvalue weighted by Gasteiger charge is -2.34. The summed E-state index contributed by atoms with van der Waals surface area (Å²) in [4.78, 5) is 27.3. The van der Waals surface area contributed by atoms with Crippen LogP contribution in [0, 0.1) is 11.3 Å². The molecule has 1 N–H and O–H groups in total. The van der Waals surface area contributed by atoms with Crippen LogP contribution in [0.25, 0.3) is 11.0 Å². The van der Waals surface area contributed by atoms with Gasteiger partial charge >= 0.3 is 6.09 Å². The van der Waals surface area contributed by atoms with Crippen molar-refractivity contribution in [2.24, 2.45) is 5.92 Å². The maximum atomic E-state index is 13.0. The lowest BCUT2D eigenvalue weighted by Crippen LogP contribution is -2.44. The number of imidazole rings is 1. The van der Waals surface area contributed by atoms with E-state index >= 15 is 0 Å². The zero-order chi connectivity index (χ0) is 25.3. The van der Waals surface area contributed by atoms with Crippen LogP contribution in [0.2, 0.25) is 10.0 Å². The van der Waals surface area contributed by atoms with Gasteiger partial charge in [0.25, 0.3) is 0 Å². The number of nitrogens with one attached hydrogen (secondary N) is 1. The van der Waals surface area contributed by atoms with Crippen LogP contribution in [0.4, 0.5) is 4.79 Å². The first-order valence-corrected chi connectivity index (χ1v) is 12.5. The SMILES string of the molecule is CC(C)(C)OC(=O)N1CCCC(Cn2c(=N)n(CC(=O)c3ccc(Cl)cc3)c3cccc(Cl)c32)C1. The number of likely N-dealkylation sites (tertiary alicyclic amines) is 1. The molecule has 4 rings (SSSR count). The van der Waals surface area contributed by atoms with E-state index in [0.29, 0.717) is 35.2 Å². The molecule has 9 heteroatoms. The second kappa shape index (κ2) is 10.1. The third kappa shape index (κ3) is 5.73. The number of para-hydroxylation sites is 1. The molecule has 3 aromatic rings. The number of fused-ring (bicyclic) bond motifs is 1. The van der Waals surface area contributed by atoms with Crippen LogP contribution in [0.5, 0.6) is 0 Å². The van der Waals surface area contributed by atoms with E-state index in [9.17, 15) is 9.59 Å². The number of benzene rings is 2. The molecule has 1 fully saturated rings. The molecule has 186 valence electrons. The lowest BCUT2D eigenvalue weighted by atomic mass is 9.98. The standard InChI is InChI=1S/C26H30Cl2N4O3/c1-26(2,3)35-25(34)30-13-5-6-17(14-30)15-32-23-20(28)7-4-8-21(23)31(24(32)29)16-22(33)18-9-11-19(27)12-10-18/h4,7-12,17,29H,5-6,13-16H2,1-3H3. The van der Waals surface area contributed by atoms with Gasteiger partial charge < -0.3 is 18.8 Å². The average Bonchev–Trinajstić information content (AvgIpc) is 3.05. The molecule has 1 aromatic heterocycles. The highest BCUT2D eigenvalue weighted by Gasteiger charge is 2.29. The number of ketones is 1. The number of rotatable bonds is 5. The van der Waals surface area contributed by atoms with Gasteiger partial charge in [-0.2, -0.15) is 0 Å². The Kier molecular flexibility index (Phi) is 7.29. The molecule has 0 aliphatic carbocycles. The van der Waals surface area contributed by atoms with Crippen LogP contribution >= 0.6 is 23.2 Å². The lowest BCUT2D eigenvalue weighted by molar-refractivity contribution is 0.0157. The molecule has 35 heavy (non-hydrogen) atoms. The van der Waals surface area contributed by atoms with Gasteiger partial charge in [0.1, 0.15) is 5.60 Å². The smallest absolute Gasteiger partial charge is 0.410 e. The number of amides is 1. The quantitative estimate of drug-likeness (QED) is 0.437. The predicted molar refractivity (Wildman–Crippen MR) is 137 cm³/mol. The minimum Gasteiger partial charge on any atom is -0.444 e. The Morgan fingerprint density at radius 3 is 2.49 bits per heavy atom. The monoisotopic (exact) mass is 516 g/mol. The van der Waals surface area contributed by atoms with E-state index in [1.54, 1.807) is 39.8 Å². The van der Waals surface area contributed by atoms with Crippen molar-refractivity contribution >= 4 is 46.1 Å². The zero-order valence-corrected chi connectivity index (χ0v) is 21.7. The first-order valence-electron chi connectivity index (χ1n) is 11.7. The number of nitrogens with zero attached hydrogens (tertiary/aromatic N) is 3. The number of Topliss-reactive ketones (excluding diaryl/α,β-unsaturated/α-hetero) is 1. The summed E-state index contributed by atoms with van der Waals surface area (Å²) in [5.41, 5.74) is 1.63. The molecule has 2 heterocycles. The topological polar surface area (TPSA) is 80.3 Å². The summed E-state index contributed by atoms with van der Waals surface area (Å²) in [6.45, 7) is 7.30. The number of carbonyl (C=O) groups excluding carboxylic acids is 2. The van der Waals surface area contributed by atoms with Gasteiger partial charge in [0.15, 0.2) is 5.78 Å². The van der Waals surface area contributed by atoms with Crippen molar-refractivity contribution in [2.75, 3.05) is 13.1 Å². The maximum absolute atomic E-state index is 13.0. The highest BCUT2D eigenvalue weighted by atomic mass is 35.5. The van der Waals surface area contributed by atoms with Gasteiger partial charge in [0.05, 0.1) is 22.6 Å². The molecule has 1 aliphatic rings. The summed E-state index contributed by atoms with van der Waals surface area (Å²) >= 11 is 12.5. The van der Waals surface area contributed by atoms with Gasteiger partial charge in [-0.1, -0.05) is 29.3 Å². The van der Waals surface area contributed by atoms with Crippen molar-refractivity contribution in [3.63, 3.8) is 0 Å². The number of aromatic nitrogens is 2. The molecule has 1 amide bonds. The van der Waals surface area contributed by atoms with Gasteiger partial charge in [-0.15, -0.1) is 0 Å². The molecule has 1 saturated heterocycles. The van der Waals surface area contributed by atoms with E-state index < -0.39 is 5.60 Å². The molecular weight excluding hydrogens is 487 g/mol. The van der Waals surface area contributed by atoms with E-state index in [4.69, 9.17) is 33.3 Å². The minimum absolute atomic E-state index is 0.0129. The molecule has 0 spiro atoms. The summed E-state index contributed by atoms with van der Waals surface area (Å²) < 4.78 is 9.10. The highest BCUT2D eigenvalue weighted by Crippen LogP contribution is 2.26. The normalized spacial score (nSPS) is 16.5. The van der Waals surface area contributed by atoms with Crippen molar-refractivity contribution in [3.05, 3.63) is 63.7 Å². The van der Waals surface area contributed by atoms with Crippen molar-refractivity contribution < 1.29 is 14.3 Å². The minimum atomic E-state index is -0.551. The Morgan fingerprint density at radius 1 is 1.09 bits per heavy atom. The predicted octanol–water partition coefficient (Wildman–Crippen LogP) is 5.76. The molecule has 0 saturated carbocycles.